The molecule has 0 aliphatic heterocycles. The number of aryl methyl sites for hydroxylation is 1. The summed E-state index contributed by atoms with van der Waals surface area (Å²) >= 11 is 0. The lowest BCUT2D eigenvalue weighted by atomic mass is 9.59. The monoisotopic (exact) mass is 462 g/mol. The largest absolute Gasteiger partial charge is 0.310 e. The van der Waals surface area contributed by atoms with Gasteiger partial charge in [0.05, 0.1) is 4.11 Å². The first-order chi connectivity index (χ1) is 17.8. The molecule has 1 aliphatic rings. The van der Waals surface area contributed by atoms with Crippen LogP contribution in [0.5, 0.6) is 0 Å². The molecule has 0 aromatic heterocycles. The number of rotatable bonds is 4. The molecule has 0 heterocycles. The SMILES string of the molecule is [2H]c1c([2H])c2c(c([2H])c1-c1ccc(N(c3ccccc3)c3ccccc3)cc1C)C(C)(C)C(C)(C)C2(C)C. The lowest BCUT2D eigenvalue weighted by Crippen LogP contribution is -2.42. The van der Waals surface area contributed by atoms with Crippen molar-refractivity contribution in [1.29, 1.82) is 0 Å². The van der Waals surface area contributed by atoms with Gasteiger partial charge in [0.15, 0.2) is 0 Å². The fraction of sp³-hybridized carbons (Fsp3) is 0.294. The van der Waals surface area contributed by atoms with Crippen molar-refractivity contribution in [3.63, 3.8) is 0 Å². The van der Waals surface area contributed by atoms with Crippen LogP contribution in [0.15, 0.2) is 97.0 Å². The highest BCUT2D eigenvalue weighted by Crippen LogP contribution is 2.61. The molecule has 1 aliphatic carbocycles. The topological polar surface area (TPSA) is 3.24 Å². The molecular weight excluding hydrogens is 422 g/mol. The lowest BCUT2D eigenvalue weighted by molar-refractivity contribution is 0.125. The third-order valence-corrected chi connectivity index (χ3v) is 8.95. The predicted molar refractivity (Wildman–Crippen MR) is 151 cm³/mol. The molecule has 5 rings (SSSR count). The van der Waals surface area contributed by atoms with E-state index in [2.05, 4.69) is 82.8 Å². The fourth-order valence-electron chi connectivity index (χ4n) is 5.55. The van der Waals surface area contributed by atoms with Crippen molar-refractivity contribution in [1.82, 2.24) is 0 Å². The molecule has 4 aromatic carbocycles. The van der Waals surface area contributed by atoms with Gasteiger partial charge in [0, 0.05) is 17.1 Å². The zero-order chi connectivity index (χ0) is 27.6. The standard InChI is InChI=1S/C34H37N/c1-24-22-28(35(26-14-10-8-11-15-26)27-16-12-9-13-17-27)19-20-29(24)25-18-21-30-31(23-25)33(4,5)34(6,7)32(30,2)3/h8-23H,1-7H3/i18D,21D,23D. The summed E-state index contributed by atoms with van der Waals surface area (Å²) < 4.78 is 27.6. The Hall–Kier alpha value is -3.32. The van der Waals surface area contributed by atoms with Gasteiger partial charge in [-0.15, -0.1) is 0 Å². The van der Waals surface area contributed by atoms with Gasteiger partial charge in [0.25, 0.3) is 0 Å². The Bertz CT molecular complexity index is 1480. The number of anilines is 3. The number of fused-ring (bicyclic) bond motifs is 1. The minimum Gasteiger partial charge on any atom is -0.310 e. The second-order valence-electron chi connectivity index (χ2n) is 11.4. The minimum absolute atomic E-state index is 0.147. The van der Waals surface area contributed by atoms with Crippen LogP contribution < -0.4 is 4.90 Å². The van der Waals surface area contributed by atoms with Crippen molar-refractivity contribution in [3.8, 4) is 11.1 Å². The average molecular weight is 463 g/mol. The molecule has 4 aromatic rings. The van der Waals surface area contributed by atoms with Crippen LogP contribution in [0.4, 0.5) is 17.1 Å². The first-order valence-electron chi connectivity index (χ1n) is 14.0. The Kier molecular flexibility index (Phi) is 4.63. The average Bonchev–Trinajstić information content (AvgIpc) is 2.99. The van der Waals surface area contributed by atoms with Crippen LogP contribution in [0.2, 0.25) is 0 Å². The highest BCUT2D eigenvalue weighted by molar-refractivity contribution is 5.80. The zero-order valence-corrected chi connectivity index (χ0v) is 22.0. The third kappa shape index (κ3) is 3.52. The molecule has 0 radical (unpaired) electrons. The summed E-state index contributed by atoms with van der Waals surface area (Å²) in [6.07, 6.45) is 0. The van der Waals surface area contributed by atoms with Gasteiger partial charge in [-0.2, -0.15) is 0 Å². The van der Waals surface area contributed by atoms with E-state index in [1.54, 1.807) is 0 Å². The summed E-state index contributed by atoms with van der Waals surface area (Å²) in [5.74, 6) is 0. The van der Waals surface area contributed by atoms with E-state index in [-0.39, 0.29) is 28.3 Å². The molecule has 1 heteroatoms. The summed E-state index contributed by atoms with van der Waals surface area (Å²) in [5, 5.41) is 0. The van der Waals surface area contributed by atoms with Gasteiger partial charge < -0.3 is 4.90 Å². The molecule has 0 saturated heterocycles. The Morgan fingerprint density at radius 3 is 1.71 bits per heavy atom. The molecule has 0 spiro atoms. The Morgan fingerprint density at radius 2 is 1.17 bits per heavy atom. The highest BCUT2D eigenvalue weighted by atomic mass is 15.1. The summed E-state index contributed by atoms with van der Waals surface area (Å²) in [4.78, 5) is 2.22. The van der Waals surface area contributed by atoms with Crippen LogP contribution >= 0.6 is 0 Å². The molecule has 0 bridgehead atoms. The van der Waals surface area contributed by atoms with Crippen LogP contribution in [-0.4, -0.2) is 0 Å². The van der Waals surface area contributed by atoms with E-state index in [1.165, 1.54) is 0 Å². The van der Waals surface area contributed by atoms with Gasteiger partial charge in [0.2, 0.25) is 0 Å². The lowest BCUT2D eigenvalue weighted by Gasteiger charge is -2.44. The van der Waals surface area contributed by atoms with Crippen LogP contribution in [0.3, 0.4) is 0 Å². The van der Waals surface area contributed by atoms with Gasteiger partial charge in [0.1, 0.15) is 0 Å². The molecular formula is C34H37N. The fourth-order valence-corrected chi connectivity index (χ4v) is 5.55. The van der Waals surface area contributed by atoms with Crippen molar-refractivity contribution in [2.75, 3.05) is 4.90 Å². The third-order valence-electron chi connectivity index (χ3n) is 8.95. The molecule has 0 amide bonds. The van der Waals surface area contributed by atoms with Crippen molar-refractivity contribution in [3.05, 3.63) is 114 Å². The smallest absolute Gasteiger partial charge is 0.0632 e. The predicted octanol–water partition coefficient (Wildman–Crippen LogP) is 9.73. The molecule has 0 atom stereocenters. The van der Waals surface area contributed by atoms with E-state index < -0.39 is 0 Å². The maximum absolute atomic E-state index is 9.40. The van der Waals surface area contributed by atoms with Gasteiger partial charge >= 0.3 is 0 Å². The maximum atomic E-state index is 9.40. The van der Waals surface area contributed by atoms with Crippen molar-refractivity contribution < 1.29 is 4.11 Å². The van der Waals surface area contributed by atoms with E-state index in [1.807, 2.05) is 49.4 Å². The number of hydrogen-bond acceptors (Lipinski definition) is 1. The molecule has 35 heavy (non-hydrogen) atoms. The minimum atomic E-state index is -0.322. The normalized spacial score (nSPS) is 18.3. The Morgan fingerprint density at radius 1 is 0.629 bits per heavy atom. The van der Waals surface area contributed by atoms with Crippen molar-refractivity contribution >= 4 is 17.1 Å². The van der Waals surface area contributed by atoms with Crippen LogP contribution in [0, 0.1) is 12.3 Å². The van der Waals surface area contributed by atoms with Gasteiger partial charge in [-0.05, 0) is 87.4 Å². The first kappa shape index (κ1) is 19.9. The molecule has 0 saturated carbocycles. The molecule has 0 N–H and O–H groups in total. The summed E-state index contributed by atoms with van der Waals surface area (Å²) in [6.45, 7) is 15.2. The van der Waals surface area contributed by atoms with Gasteiger partial charge in [-0.25, -0.2) is 0 Å². The molecule has 1 nitrogen and oxygen atoms in total. The van der Waals surface area contributed by atoms with E-state index >= 15 is 0 Å². The quantitative estimate of drug-likeness (QED) is 0.292. The van der Waals surface area contributed by atoms with Gasteiger partial charge in [-0.3, -0.25) is 0 Å². The Labute approximate surface area is 215 Å². The molecule has 0 fully saturated rings. The number of nitrogens with zero attached hydrogens (tertiary/aromatic N) is 1. The number of para-hydroxylation sites is 2. The second kappa shape index (κ2) is 8.12. The molecule has 178 valence electrons. The zero-order valence-electron chi connectivity index (χ0n) is 25.0. The van der Waals surface area contributed by atoms with Crippen LogP contribution in [-0.2, 0) is 10.8 Å². The maximum Gasteiger partial charge on any atom is 0.0632 e. The van der Waals surface area contributed by atoms with Crippen molar-refractivity contribution in [2.24, 2.45) is 5.41 Å². The summed E-state index contributed by atoms with van der Waals surface area (Å²) in [6, 6.07) is 27.6. The number of hydrogen-bond donors (Lipinski definition) is 0. The van der Waals surface area contributed by atoms with E-state index in [4.69, 9.17) is 2.74 Å². The van der Waals surface area contributed by atoms with Crippen LogP contribution in [0.1, 0.15) is 62.3 Å². The second-order valence-corrected chi connectivity index (χ2v) is 11.4. The van der Waals surface area contributed by atoms with Crippen LogP contribution in [0.25, 0.3) is 11.1 Å². The van der Waals surface area contributed by atoms with E-state index in [9.17, 15) is 1.37 Å². The highest BCUT2D eigenvalue weighted by Gasteiger charge is 2.56. The summed E-state index contributed by atoms with van der Waals surface area (Å²) in [5.41, 5.74) is 6.49. The number of benzene rings is 4. The summed E-state index contributed by atoms with van der Waals surface area (Å²) in [7, 11) is 0. The van der Waals surface area contributed by atoms with E-state index in [0.717, 1.165) is 39.3 Å². The van der Waals surface area contributed by atoms with Crippen molar-refractivity contribution in [2.45, 2.75) is 59.3 Å². The Balaban J connectivity index is 1.71. The first-order valence-corrected chi connectivity index (χ1v) is 12.5. The van der Waals surface area contributed by atoms with Gasteiger partial charge in [-0.1, -0.05) is 102 Å². The molecule has 0 unspecified atom stereocenters. The van der Waals surface area contributed by atoms with E-state index in [0.29, 0.717) is 11.6 Å².